The number of nitrogens with one attached hydrogen (secondary N) is 1. The summed E-state index contributed by atoms with van der Waals surface area (Å²) in [6.07, 6.45) is -0.378. The third kappa shape index (κ3) is 5.40. The number of hydrogen-bond donors (Lipinski definition) is 1. The molecule has 1 aliphatic rings. The third-order valence-corrected chi connectivity index (χ3v) is 10.9. The average Bonchev–Trinajstić information content (AvgIpc) is 3.82. The summed E-state index contributed by atoms with van der Waals surface area (Å²) in [5, 5.41) is 8.18. The number of nitrogens with zero attached hydrogens (tertiary/aromatic N) is 3. The molecule has 1 aliphatic heterocycles. The Hall–Kier alpha value is -7.50. The molecule has 264 valence electrons. The summed E-state index contributed by atoms with van der Waals surface area (Å²) in [7, 11) is 0. The number of amidine groups is 2. The van der Waals surface area contributed by atoms with Gasteiger partial charge in [0.1, 0.15) is 23.2 Å². The van der Waals surface area contributed by atoms with Crippen molar-refractivity contribution in [3.05, 3.63) is 211 Å². The zero-order valence-corrected chi connectivity index (χ0v) is 30.3. The molecule has 1 atom stereocenters. The van der Waals surface area contributed by atoms with Gasteiger partial charge in [-0.1, -0.05) is 146 Å². The normalized spacial score (nSPS) is 14.2. The highest BCUT2D eigenvalue weighted by Crippen LogP contribution is 2.37. The van der Waals surface area contributed by atoms with E-state index in [1.165, 1.54) is 10.8 Å². The van der Waals surface area contributed by atoms with E-state index in [0.717, 1.165) is 83.4 Å². The minimum Gasteiger partial charge on any atom is -0.456 e. The Bertz CT molecular complexity index is 3120. The Labute approximate surface area is 323 Å². The predicted octanol–water partition coefficient (Wildman–Crippen LogP) is 12.5. The summed E-state index contributed by atoms with van der Waals surface area (Å²) in [5.74, 6) is 1.42. The van der Waals surface area contributed by atoms with Crippen molar-refractivity contribution < 1.29 is 4.42 Å². The van der Waals surface area contributed by atoms with Crippen LogP contribution in [0.15, 0.2) is 209 Å². The average molecular weight is 719 g/mol. The molecule has 2 aromatic heterocycles. The Kier molecular flexibility index (Phi) is 7.49. The summed E-state index contributed by atoms with van der Waals surface area (Å²) >= 11 is 0. The molecule has 0 amide bonds. The first kappa shape index (κ1) is 32.0. The van der Waals surface area contributed by atoms with Crippen LogP contribution in [0.4, 0.5) is 0 Å². The number of para-hydroxylation sites is 2. The lowest BCUT2D eigenvalue weighted by Gasteiger charge is -2.24. The molecule has 11 rings (SSSR count). The summed E-state index contributed by atoms with van der Waals surface area (Å²) in [6, 6.07) is 68.0. The smallest absolute Gasteiger partial charge is 0.160 e. The minimum atomic E-state index is -0.378. The fraction of sp³-hybridized carbons (Fsp3) is 0.0196. The molecule has 10 aromatic rings. The summed E-state index contributed by atoms with van der Waals surface area (Å²) in [4.78, 5) is 10.6. The van der Waals surface area contributed by atoms with Crippen LogP contribution in [0.5, 0.6) is 0 Å². The van der Waals surface area contributed by atoms with Crippen molar-refractivity contribution in [3.63, 3.8) is 0 Å². The number of fused-ring (bicyclic) bond motifs is 6. The molecule has 8 aromatic carbocycles. The molecule has 3 heterocycles. The van der Waals surface area contributed by atoms with Crippen molar-refractivity contribution in [1.82, 2.24) is 9.88 Å². The van der Waals surface area contributed by atoms with E-state index in [1.54, 1.807) is 0 Å². The van der Waals surface area contributed by atoms with Gasteiger partial charge in [-0.05, 0) is 70.3 Å². The van der Waals surface area contributed by atoms with Gasteiger partial charge in [-0.2, -0.15) is 0 Å². The molecule has 5 heteroatoms. The number of rotatable bonds is 6. The Balaban J connectivity index is 1.07. The minimum absolute atomic E-state index is 0.378. The molecule has 0 spiro atoms. The fourth-order valence-corrected chi connectivity index (χ4v) is 8.22. The highest BCUT2D eigenvalue weighted by molar-refractivity contribution is 6.22. The maximum Gasteiger partial charge on any atom is 0.160 e. The molecule has 0 radical (unpaired) electrons. The van der Waals surface area contributed by atoms with Gasteiger partial charge >= 0.3 is 0 Å². The summed E-state index contributed by atoms with van der Waals surface area (Å²) < 4.78 is 8.99. The first-order valence-corrected chi connectivity index (χ1v) is 18.9. The van der Waals surface area contributed by atoms with E-state index >= 15 is 0 Å². The van der Waals surface area contributed by atoms with Gasteiger partial charge in [0.05, 0.1) is 11.0 Å². The molecule has 56 heavy (non-hydrogen) atoms. The van der Waals surface area contributed by atoms with Gasteiger partial charge in [-0.15, -0.1) is 0 Å². The largest absolute Gasteiger partial charge is 0.456 e. The highest BCUT2D eigenvalue weighted by Gasteiger charge is 2.24. The zero-order chi connectivity index (χ0) is 37.0. The Morgan fingerprint density at radius 1 is 0.464 bits per heavy atom. The van der Waals surface area contributed by atoms with Gasteiger partial charge in [0.2, 0.25) is 0 Å². The lowest BCUT2D eigenvalue weighted by molar-refractivity contribution is 0.668. The van der Waals surface area contributed by atoms with Gasteiger partial charge in [-0.25, -0.2) is 9.98 Å². The van der Waals surface area contributed by atoms with E-state index in [-0.39, 0.29) is 6.17 Å². The maximum absolute atomic E-state index is 6.67. The monoisotopic (exact) mass is 718 g/mol. The molecular weight excluding hydrogens is 685 g/mol. The van der Waals surface area contributed by atoms with Crippen molar-refractivity contribution in [2.24, 2.45) is 9.98 Å². The molecular formula is C51H34N4O. The highest BCUT2D eigenvalue weighted by atomic mass is 16.3. The molecule has 0 aliphatic carbocycles. The van der Waals surface area contributed by atoms with Gasteiger partial charge < -0.3 is 14.3 Å². The van der Waals surface area contributed by atoms with Crippen molar-refractivity contribution in [2.75, 3.05) is 0 Å². The molecule has 1 N–H and O–H groups in total. The van der Waals surface area contributed by atoms with E-state index in [1.807, 2.05) is 24.3 Å². The topological polar surface area (TPSA) is 54.8 Å². The van der Waals surface area contributed by atoms with Gasteiger partial charge in [0.25, 0.3) is 0 Å². The predicted molar refractivity (Wildman–Crippen MR) is 231 cm³/mol. The molecule has 0 saturated heterocycles. The zero-order valence-electron chi connectivity index (χ0n) is 30.3. The first-order chi connectivity index (χ1) is 27.7. The molecule has 5 nitrogen and oxygen atoms in total. The molecule has 0 saturated carbocycles. The number of aliphatic imine (C=N–C) groups is 2. The second-order valence-corrected chi connectivity index (χ2v) is 14.2. The quantitative estimate of drug-likeness (QED) is 0.186. The van der Waals surface area contributed by atoms with Crippen molar-refractivity contribution in [1.29, 1.82) is 0 Å². The number of furan rings is 1. The van der Waals surface area contributed by atoms with E-state index in [2.05, 4.69) is 180 Å². The Morgan fingerprint density at radius 3 is 1.80 bits per heavy atom. The van der Waals surface area contributed by atoms with Crippen LogP contribution in [-0.2, 0) is 0 Å². The third-order valence-electron chi connectivity index (χ3n) is 10.9. The summed E-state index contributed by atoms with van der Waals surface area (Å²) in [5.41, 5.74) is 12.5. The molecule has 0 bridgehead atoms. The number of benzene rings is 8. The van der Waals surface area contributed by atoms with E-state index in [9.17, 15) is 0 Å². The van der Waals surface area contributed by atoms with Crippen molar-refractivity contribution in [3.8, 4) is 27.9 Å². The van der Waals surface area contributed by atoms with Crippen LogP contribution in [0.25, 0.3) is 71.7 Å². The lowest BCUT2D eigenvalue weighted by atomic mass is 10.00. The van der Waals surface area contributed by atoms with Crippen LogP contribution in [0.2, 0.25) is 0 Å². The van der Waals surface area contributed by atoms with Gasteiger partial charge in [0.15, 0.2) is 5.84 Å². The lowest BCUT2D eigenvalue weighted by Crippen LogP contribution is -2.33. The SMILES string of the molecule is c1ccc(-c2cccc(C3=NC(c4cccc5oc6cc(-n7c8ccccc8c8ccccc87)ccc6c45)=NC(c4cccc(-c5ccccc5)c4)N3)c2)cc1. The number of aromatic nitrogens is 1. The van der Waals surface area contributed by atoms with Crippen LogP contribution >= 0.6 is 0 Å². The molecule has 1 unspecified atom stereocenters. The van der Waals surface area contributed by atoms with E-state index in [0.29, 0.717) is 5.84 Å². The maximum atomic E-state index is 6.67. The summed E-state index contributed by atoms with van der Waals surface area (Å²) in [6.45, 7) is 0. The standard InChI is InChI=1S/C51H34N4O/c1-3-14-33(15-4-1)35-18-11-20-37(30-35)49-52-50(38-21-12-19-36(31-38)34-16-5-2-6-17-34)54-51(53-49)43-24-13-27-46-48(43)42-29-28-39(32-47(42)56-46)55-44-25-9-7-22-40(44)41-23-8-10-26-45(41)55/h1-32,49H,(H,52,53,54). The van der Waals surface area contributed by atoms with E-state index in [4.69, 9.17) is 14.4 Å². The fourth-order valence-electron chi connectivity index (χ4n) is 8.22. The van der Waals surface area contributed by atoms with Crippen LogP contribution in [0.1, 0.15) is 22.9 Å². The van der Waals surface area contributed by atoms with Gasteiger partial charge in [0, 0.05) is 44.4 Å². The number of hydrogen-bond acceptors (Lipinski definition) is 4. The van der Waals surface area contributed by atoms with Crippen molar-refractivity contribution in [2.45, 2.75) is 6.17 Å². The van der Waals surface area contributed by atoms with Crippen LogP contribution in [-0.4, -0.2) is 16.2 Å². The Morgan fingerprint density at radius 2 is 1.07 bits per heavy atom. The van der Waals surface area contributed by atoms with E-state index < -0.39 is 0 Å². The molecule has 0 fully saturated rings. The first-order valence-electron chi connectivity index (χ1n) is 18.9. The second kappa shape index (κ2) is 13.1. The van der Waals surface area contributed by atoms with Crippen LogP contribution in [0, 0.1) is 0 Å². The van der Waals surface area contributed by atoms with Crippen LogP contribution in [0.3, 0.4) is 0 Å². The second-order valence-electron chi connectivity index (χ2n) is 14.2. The van der Waals surface area contributed by atoms with Crippen LogP contribution < -0.4 is 5.32 Å². The van der Waals surface area contributed by atoms with Gasteiger partial charge in [-0.3, -0.25) is 0 Å². The van der Waals surface area contributed by atoms with Crippen molar-refractivity contribution >= 4 is 55.4 Å².